The molecule has 1 fully saturated rings. The minimum Gasteiger partial charge on any atom is -0.345 e. The molecule has 0 N–H and O–H groups in total. The lowest BCUT2D eigenvalue weighted by atomic mass is 10.2. The molecule has 9 heteroatoms. The Labute approximate surface area is 172 Å². The van der Waals surface area contributed by atoms with Gasteiger partial charge in [-0.15, -0.1) is 0 Å². The molecule has 1 aliphatic heterocycles. The monoisotopic (exact) mass is 441 g/mol. The highest BCUT2D eigenvalue weighted by molar-refractivity contribution is 7.89. The first-order chi connectivity index (χ1) is 12.9. The number of benzene rings is 2. The van der Waals surface area contributed by atoms with E-state index < -0.39 is 10.0 Å². The smallest absolute Gasteiger partial charge is 0.243 e. The van der Waals surface area contributed by atoms with Crippen LogP contribution in [0.15, 0.2) is 41.3 Å². The molecule has 1 aromatic heterocycles. The predicted octanol–water partition coefficient (Wildman–Crippen LogP) is 4.42. The zero-order valence-corrected chi connectivity index (χ0v) is 17.7. The van der Waals surface area contributed by atoms with Gasteiger partial charge in [-0.25, -0.2) is 13.4 Å². The summed E-state index contributed by atoms with van der Waals surface area (Å²) in [5, 5.41) is 2.09. The van der Waals surface area contributed by atoms with E-state index in [-0.39, 0.29) is 4.90 Å². The number of aromatic nitrogens is 1. The van der Waals surface area contributed by atoms with E-state index in [1.807, 2.05) is 19.1 Å². The minimum atomic E-state index is -3.51. The molecule has 1 aliphatic rings. The summed E-state index contributed by atoms with van der Waals surface area (Å²) < 4.78 is 28.1. The highest BCUT2D eigenvalue weighted by Crippen LogP contribution is 2.36. The van der Waals surface area contributed by atoms with Crippen molar-refractivity contribution < 1.29 is 8.42 Å². The molecule has 1 saturated heterocycles. The molecule has 0 atom stereocenters. The highest BCUT2D eigenvalue weighted by Gasteiger charge is 2.29. The van der Waals surface area contributed by atoms with E-state index in [2.05, 4.69) is 4.90 Å². The molecule has 0 saturated carbocycles. The van der Waals surface area contributed by atoms with Gasteiger partial charge < -0.3 is 4.90 Å². The lowest BCUT2D eigenvalue weighted by Gasteiger charge is -2.33. The zero-order valence-electron chi connectivity index (χ0n) is 14.5. The molecule has 0 amide bonds. The number of anilines is 1. The average molecular weight is 442 g/mol. The number of hydrogen-bond acceptors (Lipinski definition) is 5. The van der Waals surface area contributed by atoms with Gasteiger partial charge in [0, 0.05) is 31.2 Å². The summed E-state index contributed by atoms with van der Waals surface area (Å²) in [5.74, 6) is 0. The molecule has 0 radical (unpaired) electrons. The van der Waals surface area contributed by atoms with E-state index in [4.69, 9.17) is 28.2 Å². The summed E-state index contributed by atoms with van der Waals surface area (Å²) in [5.41, 5.74) is 2.00. The van der Waals surface area contributed by atoms with E-state index in [9.17, 15) is 8.42 Å². The Bertz CT molecular complexity index is 1050. The van der Waals surface area contributed by atoms with Crippen LogP contribution in [0.2, 0.25) is 10.0 Å². The van der Waals surface area contributed by atoms with Gasteiger partial charge in [0.05, 0.1) is 20.1 Å². The van der Waals surface area contributed by atoms with Gasteiger partial charge in [0.2, 0.25) is 10.0 Å². The number of piperazine rings is 1. The summed E-state index contributed by atoms with van der Waals surface area (Å²) in [4.78, 5) is 7.12. The molecule has 3 aromatic rings. The maximum absolute atomic E-state index is 12.8. The lowest BCUT2D eigenvalue weighted by molar-refractivity contribution is 0.385. The third kappa shape index (κ3) is 3.54. The van der Waals surface area contributed by atoms with Crippen molar-refractivity contribution in [3.8, 4) is 0 Å². The number of aryl methyl sites for hydroxylation is 1. The highest BCUT2D eigenvalue weighted by atomic mass is 35.5. The number of thiazole rings is 1. The van der Waals surface area contributed by atoms with Crippen molar-refractivity contribution >= 4 is 59.9 Å². The lowest BCUT2D eigenvalue weighted by Crippen LogP contribution is -2.48. The summed E-state index contributed by atoms with van der Waals surface area (Å²) in [6, 6.07) is 10.1. The first-order valence-corrected chi connectivity index (χ1v) is 11.4. The number of rotatable bonds is 3. The second kappa shape index (κ2) is 7.22. The molecular weight excluding hydrogens is 425 g/mol. The summed E-state index contributed by atoms with van der Waals surface area (Å²) in [7, 11) is -3.51. The fourth-order valence-corrected chi connectivity index (χ4v) is 6.02. The van der Waals surface area contributed by atoms with Crippen LogP contribution >= 0.6 is 34.5 Å². The van der Waals surface area contributed by atoms with Gasteiger partial charge in [0.15, 0.2) is 5.13 Å². The second-order valence-corrected chi connectivity index (χ2v) is 10.1. The first kappa shape index (κ1) is 19.0. The Morgan fingerprint density at radius 3 is 2.30 bits per heavy atom. The molecule has 27 heavy (non-hydrogen) atoms. The summed E-state index contributed by atoms with van der Waals surface area (Å²) >= 11 is 13.7. The normalized spacial score (nSPS) is 16.2. The van der Waals surface area contributed by atoms with E-state index in [0.29, 0.717) is 36.2 Å². The van der Waals surface area contributed by atoms with Crippen LogP contribution in [0, 0.1) is 6.92 Å². The number of halogens is 2. The van der Waals surface area contributed by atoms with Gasteiger partial charge in [-0.2, -0.15) is 4.31 Å². The van der Waals surface area contributed by atoms with E-state index >= 15 is 0 Å². The number of nitrogens with zero attached hydrogens (tertiary/aromatic N) is 3. The first-order valence-electron chi connectivity index (χ1n) is 8.42. The van der Waals surface area contributed by atoms with Gasteiger partial charge in [0.1, 0.15) is 0 Å². The van der Waals surface area contributed by atoms with Crippen LogP contribution in [0.3, 0.4) is 0 Å². The topological polar surface area (TPSA) is 53.5 Å². The Balaban J connectivity index is 1.53. The molecule has 0 spiro atoms. The Morgan fingerprint density at radius 2 is 1.67 bits per heavy atom. The second-order valence-electron chi connectivity index (χ2n) is 6.38. The van der Waals surface area contributed by atoms with E-state index in [0.717, 1.165) is 20.9 Å². The standard InChI is InChI=1S/C18H17Cl2N3O2S2/c1-12-2-7-15(20)17-16(12)21-18(26-17)22-8-10-23(11-9-22)27(24,25)14-5-3-13(19)4-6-14/h2-7H,8-11H2,1H3. The summed E-state index contributed by atoms with van der Waals surface area (Å²) in [6.07, 6.45) is 0. The molecule has 5 nitrogen and oxygen atoms in total. The van der Waals surface area contributed by atoms with Crippen LogP contribution in [0.5, 0.6) is 0 Å². The maximum Gasteiger partial charge on any atom is 0.243 e. The molecule has 2 aromatic carbocycles. The zero-order chi connectivity index (χ0) is 19.2. The minimum absolute atomic E-state index is 0.266. The van der Waals surface area contributed by atoms with Crippen molar-refractivity contribution in [2.24, 2.45) is 0 Å². The molecule has 142 valence electrons. The third-order valence-electron chi connectivity index (χ3n) is 4.65. The van der Waals surface area contributed by atoms with Gasteiger partial charge in [0.25, 0.3) is 0 Å². The van der Waals surface area contributed by atoms with Crippen LogP contribution < -0.4 is 4.90 Å². The van der Waals surface area contributed by atoms with E-state index in [1.165, 1.54) is 4.31 Å². The van der Waals surface area contributed by atoms with Crippen molar-refractivity contribution in [3.05, 3.63) is 52.0 Å². The van der Waals surface area contributed by atoms with Crippen molar-refractivity contribution in [1.29, 1.82) is 0 Å². The molecule has 0 bridgehead atoms. The van der Waals surface area contributed by atoms with Gasteiger partial charge >= 0.3 is 0 Å². The largest absolute Gasteiger partial charge is 0.345 e. The summed E-state index contributed by atoms with van der Waals surface area (Å²) in [6.45, 7) is 4.01. The number of sulfonamides is 1. The van der Waals surface area contributed by atoms with Gasteiger partial charge in [-0.1, -0.05) is 40.6 Å². The van der Waals surface area contributed by atoms with Crippen LogP contribution in [0.4, 0.5) is 5.13 Å². The van der Waals surface area contributed by atoms with E-state index in [1.54, 1.807) is 35.6 Å². The Kier molecular flexibility index (Phi) is 5.07. The fraction of sp³-hybridized carbons (Fsp3) is 0.278. The molecular formula is C18H17Cl2N3O2S2. The molecule has 2 heterocycles. The molecule has 4 rings (SSSR count). The fourth-order valence-electron chi connectivity index (χ4n) is 3.10. The predicted molar refractivity (Wildman–Crippen MR) is 112 cm³/mol. The van der Waals surface area contributed by atoms with Gasteiger partial charge in [-0.05, 0) is 42.8 Å². The molecule has 0 unspecified atom stereocenters. The number of fused-ring (bicyclic) bond motifs is 1. The average Bonchev–Trinajstić information content (AvgIpc) is 3.12. The van der Waals surface area contributed by atoms with Crippen molar-refractivity contribution in [3.63, 3.8) is 0 Å². The van der Waals surface area contributed by atoms with Crippen LogP contribution in [-0.2, 0) is 10.0 Å². The SMILES string of the molecule is Cc1ccc(Cl)c2sc(N3CCN(S(=O)(=O)c4ccc(Cl)cc4)CC3)nc12. The Hall–Kier alpha value is -1.38. The number of hydrogen-bond donors (Lipinski definition) is 0. The molecule has 0 aliphatic carbocycles. The quantitative estimate of drug-likeness (QED) is 0.603. The Morgan fingerprint density at radius 1 is 1.00 bits per heavy atom. The van der Waals surface area contributed by atoms with Crippen LogP contribution in [-0.4, -0.2) is 43.9 Å². The van der Waals surface area contributed by atoms with Crippen molar-refractivity contribution in [1.82, 2.24) is 9.29 Å². The van der Waals surface area contributed by atoms with Crippen LogP contribution in [0.25, 0.3) is 10.2 Å². The van der Waals surface area contributed by atoms with Crippen LogP contribution in [0.1, 0.15) is 5.56 Å². The van der Waals surface area contributed by atoms with Crippen molar-refractivity contribution in [2.45, 2.75) is 11.8 Å². The van der Waals surface area contributed by atoms with Gasteiger partial charge in [-0.3, -0.25) is 0 Å². The maximum atomic E-state index is 12.8. The van der Waals surface area contributed by atoms with Crippen molar-refractivity contribution in [2.75, 3.05) is 31.1 Å². The third-order valence-corrected chi connectivity index (χ3v) is 8.39.